The summed E-state index contributed by atoms with van der Waals surface area (Å²) in [6.45, 7) is 8.46. The fraction of sp³-hybridized carbons (Fsp3) is 0.400. The minimum atomic E-state index is -3.74. The van der Waals surface area contributed by atoms with Gasteiger partial charge in [-0.25, -0.2) is 8.42 Å². The molecule has 2 aromatic rings. The maximum absolute atomic E-state index is 13.1. The number of methoxy groups -OCH3 is 1. The number of morpholine rings is 1. The van der Waals surface area contributed by atoms with Gasteiger partial charge in [0.1, 0.15) is 5.75 Å². The fourth-order valence-electron chi connectivity index (χ4n) is 3.58. The van der Waals surface area contributed by atoms with Gasteiger partial charge in [-0.2, -0.15) is 0 Å². The summed E-state index contributed by atoms with van der Waals surface area (Å²) in [5.41, 5.74) is 3.86. The zero-order valence-corrected chi connectivity index (χ0v) is 17.0. The Morgan fingerprint density at radius 2 is 1.67 bits per heavy atom. The van der Waals surface area contributed by atoms with E-state index in [1.54, 1.807) is 6.07 Å². The molecule has 0 spiro atoms. The molecule has 27 heavy (non-hydrogen) atoms. The molecule has 0 unspecified atom stereocenters. The first-order chi connectivity index (χ1) is 12.8. The summed E-state index contributed by atoms with van der Waals surface area (Å²) >= 11 is 0. The average Bonchev–Trinajstić information content (AvgIpc) is 2.61. The Morgan fingerprint density at radius 3 is 2.26 bits per heavy atom. The monoisotopic (exact) mass is 390 g/mol. The van der Waals surface area contributed by atoms with Crippen LogP contribution in [0.3, 0.4) is 0 Å². The quantitative estimate of drug-likeness (QED) is 0.849. The molecule has 1 heterocycles. The van der Waals surface area contributed by atoms with Crippen LogP contribution in [0.25, 0.3) is 0 Å². The lowest BCUT2D eigenvalue weighted by Crippen LogP contribution is -2.36. The molecular weight excluding hydrogens is 364 g/mol. The first kappa shape index (κ1) is 19.5. The minimum absolute atomic E-state index is 0.312. The Labute approximate surface area is 161 Å². The van der Waals surface area contributed by atoms with Gasteiger partial charge in [0.15, 0.2) is 0 Å². The third-order valence-electron chi connectivity index (χ3n) is 4.68. The van der Waals surface area contributed by atoms with Crippen LogP contribution in [0.15, 0.2) is 35.2 Å². The summed E-state index contributed by atoms with van der Waals surface area (Å²) in [6.07, 6.45) is 0. The van der Waals surface area contributed by atoms with E-state index in [4.69, 9.17) is 9.47 Å². The van der Waals surface area contributed by atoms with Crippen molar-refractivity contribution in [3.05, 3.63) is 47.0 Å². The van der Waals surface area contributed by atoms with Crippen molar-refractivity contribution in [3.8, 4) is 5.75 Å². The van der Waals surface area contributed by atoms with Gasteiger partial charge < -0.3 is 14.4 Å². The summed E-state index contributed by atoms with van der Waals surface area (Å²) < 4.78 is 39.7. The third-order valence-corrected chi connectivity index (χ3v) is 6.35. The Morgan fingerprint density at radius 1 is 1.04 bits per heavy atom. The number of aryl methyl sites for hydroxylation is 3. The molecule has 1 fully saturated rings. The maximum atomic E-state index is 13.1. The van der Waals surface area contributed by atoms with Gasteiger partial charge in [0.2, 0.25) is 0 Å². The SMILES string of the molecule is COc1ccc(N2CCOCC2)cc1NS(=O)(=O)c1c(C)cc(C)cc1C. The summed E-state index contributed by atoms with van der Waals surface area (Å²) in [6, 6.07) is 9.30. The predicted molar refractivity (Wildman–Crippen MR) is 107 cm³/mol. The standard InChI is InChI=1S/C20H26N2O4S/c1-14-11-15(2)20(16(3)12-14)27(23,24)21-18-13-17(5-6-19(18)25-4)22-7-9-26-10-8-22/h5-6,11-13,21H,7-10H2,1-4H3. The van der Waals surface area contributed by atoms with Gasteiger partial charge >= 0.3 is 0 Å². The zero-order chi connectivity index (χ0) is 19.6. The van der Waals surface area contributed by atoms with E-state index < -0.39 is 10.0 Å². The van der Waals surface area contributed by atoms with E-state index >= 15 is 0 Å². The molecule has 6 nitrogen and oxygen atoms in total. The third kappa shape index (κ3) is 4.20. The molecule has 7 heteroatoms. The second-order valence-corrected chi connectivity index (χ2v) is 8.44. The lowest BCUT2D eigenvalue weighted by Gasteiger charge is -2.29. The Hall–Kier alpha value is -2.25. The van der Waals surface area contributed by atoms with Gasteiger partial charge in [-0.3, -0.25) is 4.72 Å². The van der Waals surface area contributed by atoms with E-state index in [0.717, 1.165) is 35.5 Å². The topological polar surface area (TPSA) is 67.9 Å². The molecule has 1 aliphatic heterocycles. The predicted octanol–water partition coefficient (Wildman–Crippen LogP) is 3.26. The summed E-state index contributed by atoms with van der Waals surface area (Å²) in [5, 5.41) is 0. The number of sulfonamides is 1. The first-order valence-corrected chi connectivity index (χ1v) is 10.4. The largest absolute Gasteiger partial charge is 0.495 e. The number of benzene rings is 2. The van der Waals surface area contributed by atoms with Crippen LogP contribution in [-0.2, 0) is 14.8 Å². The fourth-order valence-corrected chi connectivity index (χ4v) is 5.10. The Kier molecular flexibility index (Phi) is 5.62. The van der Waals surface area contributed by atoms with Crippen molar-refractivity contribution in [1.29, 1.82) is 0 Å². The molecule has 0 saturated carbocycles. The van der Waals surface area contributed by atoms with Gasteiger partial charge in [-0.1, -0.05) is 17.7 Å². The van der Waals surface area contributed by atoms with Crippen LogP contribution in [0.2, 0.25) is 0 Å². The lowest BCUT2D eigenvalue weighted by molar-refractivity contribution is 0.122. The van der Waals surface area contributed by atoms with Crippen LogP contribution >= 0.6 is 0 Å². The molecule has 0 bridgehead atoms. The highest BCUT2D eigenvalue weighted by Gasteiger charge is 2.22. The van der Waals surface area contributed by atoms with Crippen LogP contribution in [0.4, 0.5) is 11.4 Å². The maximum Gasteiger partial charge on any atom is 0.262 e. The van der Waals surface area contributed by atoms with E-state index in [2.05, 4.69) is 9.62 Å². The molecule has 2 aromatic carbocycles. The van der Waals surface area contributed by atoms with Gasteiger partial charge in [-0.05, 0) is 50.1 Å². The zero-order valence-electron chi connectivity index (χ0n) is 16.2. The lowest BCUT2D eigenvalue weighted by atomic mass is 10.1. The van der Waals surface area contributed by atoms with Gasteiger partial charge in [-0.15, -0.1) is 0 Å². The van der Waals surface area contributed by atoms with E-state index in [1.165, 1.54) is 7.11 Å². The normalized spacial score (nSPS) is 14.9. The summed E-state index contributed by atoms with van der Waals surface area (Å²) in [7, 11) is -2.21. The molecule has 0 radical (unpaired) electrons. The van der Waals surface area contributed by atoms with E-state index in [1.807, 2.05) is 45.0 Å². The number of anilines is 2. The van der Waals surface area contributed by atoms with Gasteiger partial charge in [0.25, 0.3) is 10.0 Å². The minimum Gasteiger partial charge on any atom is -0.495 e. The van der Waals surface area contributed by atoms with Crippen molar-refractivity contribution in [3.63, 3.8) is 0 Å². The number of nitrogens with one attached hydrogen (secondary N) is 1. The highest BCUT2D eigenvalue weighted by Crippen LogP contribution is 2.33. The number of rotatable bonds is 5. The van der Waals surface area contributed by atoms with Crippen LogP contribution in [0, 0.1) is 20.8 Å². The second kappa shape index (κ2) is 7.78. The van der Waals surface area contributed by atoms with Crippen molar-refractivity contribution in [2.75, 3.05) is 43.0 Å². The highest BCUT2D eigenvalue weighted by atomic mass is 32.2. The van der Waals surface area contributed by atoms with Crippen molar-refractivity contribution < 1.29 is 17.9 Å². The van der Waals surface area contributed by atoms with Crippen LogP contribution < -0.4 is 14.4 Å². The second-order valence-electron chi connectivity index (χ2n) is 6.82. The van der Waals surface area contributed by atoms with Crippen LogP contribution in [0.1, 0.15) is 16.7 Å². The number of ether oxygens (including phenoxy) is 2. The molecule has 0 aromatic heterocycles. The first-order valence-electron chi connectivity index (χ1n) is 8.93. The molecule has 0 amide bonds. The molecule has 1 aliphatic rings. The molecule has 0 aliphatic carbocycles. The van der Waals surface area contributed by atoms with Crippen molar-refractivity contribution in [2.45, 2.75) is 25.7 Å². The molecule has 146 valence electrons. The highest BCUT2D eigenvalue weighted by molar-refractivity contribution is 7.92. The van der Waals surface area contributed by atoms with Crippen LogP contribution in [-0.4, -0.2) is 41.8 Å². The molecule has 3 rings (SSSR count). The molecular formula is C20H26N2O4S. The van der Waals surface area contributed by atoms with Crippen molar-refractivity contribution in [1.82, 2.24) is 0 Å². The average molecular weight is 391 g/mol. The summed E-state index contributed by atoms with van der Waals surface area (Å²) in [4.78, 5) is 2.48. The van der Waals surface area contributed by atoms with Gasteiger partial charge in [0, 0.05) is 18.8 Å². The Balaban J connectivity index is 1.98. The molecule has 1 saturated heterocycles. The van der Waals surface area contributed by atoms with E-state index in [9.17, 15) is 8.42 Å². The van der Waals surface area contributed by atoms with Gasteiger partial charge in [0.05, 0.1) is 30.9 Å². The van der Waals surface area contributed by atoms with Crippen LogP contribution in [0.5, 0.6) is 5.75 Å². The number of hydrogen-bond acceptors (Lipinski definition) is 5. The molecule has 0 atom stereocenters. The van der Waals surface area contributed by atoms with E-state index in [-0.39, 0.29) is 0 Å². The number of nitrogens with zero attached hydrogens (tertiary/aromatic N) is 1. The van der Waals surface area contributed by atoms with Crippen molar-refractivity contribution in [2.24, 2.45) is 0 Å². The molecule has 1 N–H and O–H groups in total. The smallest absolute Gasteiger partial charge is 0.262 e. The Bertz CT molecular complexity index is 912. The number of hydrogen-bond donors (Lipinski definition) is 1. The van der Waals surface area contributed by atoms with Crippen molar-refractivity contribution >= 4 is 21.4 Å². The van der Waals surface area contributed by atoms with E-state index in [0.29, 0.717) is 29.5 Å². The summed E-state index contributed by atoms with van der Waals surface area (Å²) in [5.74, 6) is 0.484.